The fourth-order valence-corrected chi connectivity index (χ4v) is 2.48. The van der Waals surface area contributed by atoms with Gasteiger partial charge in [-0.2, -0.15) is 0 Å². The zero-order chi connectivity index (χ0) is 17.4. The molecule has 0 spiro atoms. The van der Waals surface area contributed by atoms with Gasteiger partial charge in [0.2, 0.25) is 0 Å². The van der Waals surface area contributed by atoms with Crippen LogP contribution in [-0.4, -0.2) is 31.1 Å². The lowest BCUT2D eigenvalue weighted by atomic mass is 10.1. The summed E-state index contributed by atoms with van der Waals surface area (Å²) in [5, 5.41) is 6.01. The smallest absolute Gasteiger partial charge is 0.253 e. The Bertz CT molecular complexity index is 572. The van der Waals surface area contributed by atoms with Crippen LogP contribution >= 0.6 is 24.0 Å². The standard InChI is InChI=1S/C18H28N4O2.HI/c1-13(2)8-9-20-18(19)21-12-14-5-3-6-15(11-14)22-17(23)16-7-4-10-24-16;/h3,5-6,11,13,16H,4,7-10,12H2,1-2H3,(H,22,23)(H3,19,20,21);1H. The van der Waals surface area contributed by atoms with E-state index < -0.39 is 0 Å². The van der Waals surface area contributed by atoms with E-state index in [2.05, 4.69) is 29.5 Å². The summed E-state index contributed by atoms with van der Waals surface area (Å²) in [5.41, 5.74) is 7.61. The molecule has 6 nitrogen and oxygen atoms in total. The molecule has 1 amide bonds. The van der Waals surface area contributed by atoms with E-state index in [9.17, 15) is 4.79 Å². The Morgan fingerprint density at radius 1 is 1.44 bits per heavy atom. The zero-order valence-electron chi connectivity index (χ0n) is 15.0. The van der Waals surface area contributed by atoms with Gasteiger partial charge in [-0.3, -0.25) is 4.79 Å². The molecule has 1 aromatic rings. The third-order valence-corrected chi connectivity index (χ3v) is 3.88. The first-order valence-corrected chi connectivity index (χ1v) is 8.60. The first-order chi connectivity index (χ1) is 11.5. The fraction of sp³-hybridized carbons (Fsp3) is 0.556. The Morgan fingerprint density at radius 2 is 2.24 bits per heavy atom. The Labute approximate surface area is 167 Å². The van der Waals surface area contributed by atoms with Gasteiger partial charge in [-0.1, -0.05) is 26.0 Å². The third-order valence-electron chi connectivity index (χ3n) is 3.88. The number of ether oxygens (including phenoxy) is 1. The van der Waals surface area contributed by atoms with E-state index in [1.54, 1.807) is 0 Å². The number of rotatable bonds is 7. The molecule has 1 atom stereocenters. The minimum atomic E-state index is -0.326. The number of carbonyl (C=O) groups excluding carboxylic acids is 1. The Morgan fingerprint density at radius 3 is 2.92 bits per heavy atom. The average molecular weight is 460 g/mol. The first kappa shape index (κ1) is 21.7. The molecule has 1 saturated heterocycles. The van der Waals surface area contributed by atoms with Crippen LogP contribution in [0.2, 0.25) is 0 Å². The predicted molar refractivity (Wildman–Crippen MR) is 112 cm³/mol. The minimum Gasteiger partial charge on any atom is -0.370 e. The van der Waals surface area contributed by atoms with Crippen molar-refractivity contribution in [2.45, 2.75) is 45.8 Å². The maximum Gasteiger partial charge on any atom is 0.253 e. The lowest BCUT2D eigenvalue weighted by molar-refractivity contribution is -0.124. The Kier molecular flexibility index (Phi) is 9.81. The van der Waals surface area contributed by atoms with Crippen LogP contribution < -0.4 is 16.4 Å². The minimum absolute atomic E-state index is 0. The van der Waals surface area contributed by atoms with Gasteiger partial charge in [-0.25, -0.2) is 4.99 Å². The molecule has 4 N–H and O–H groups in total. The highest BCUT2D eigenvalue weighted by molar-refractivity contribution is 14.0. The summed E-state index contributed by atoms with van der Waals surface area (Å²) >= 11 is 0. The van der Waals surface area contributed by atoms with Crippen molar-refractivity contribution in [2.24, 2.45) is 16.6 Å². The summed E-state index contributed by atoms with van der Waals surface area (Å²) in [4.78, 5) is 16.4. The van der Waals surface area contributed by atoms with Crippen molar-refractivity contribution in [3.8, 4) is 0 Å². The lowest BCUT2D eigenvalue weighted by Gasteiger charge is -2.11. The van der Waals surface area contributed by atoms with Gasteiger partial charge in [0, 0.05) is 18.8 Å². The number of anilines is 1. The van der Waals surface area contributed by atoms with Crippen molar-refractivity contribution in [3.63, 3.8) is 0 Å². The molecule has 1 aromatic carbocycles. The lowest BCUT2D eigenvalue weighted by Crippen LogP contribution is -2.32. The molecule has 1 fully saturated rings. The molecule has 0 bridgehead atoms. The van der Waals surface area contributed by atoms with E-state index >= 15 is 0 Å². The number of aliphatic imine (C=N–C) groups is 1. The molecule has 0 aliphatic carbocycles. The van der Waals surface area contributed by atoms with Crippen molar-refractivity contribution in [1.29, 1.82) is 0 Å². The van der Waals surface area contributed by atoms with Crippen LogP contribution in [0.1, 0.15) is 38.7 Å². The molecule has 7 heteroatoms. The number of halogens is 1. The maximum atomic E-state index is 12.1. The van der Waals surface area contributed by atoms with Crippen LogP contribution in [0, 0.1) is 5.92 Å². The van der Waals surface area contributed by atoms with Crippen LogP contribution in [0.25, 0.3) is 0 Å². The summed E-state index contributed by atoms with van der Waals surface area (Å²) in [5.74, 6) is 1.00. The number of amides is 1. The second-order valence-electron chi connectivity index (χ2n) is 6.50. The molecule has 2 rings (SSSR count). The van der Waals surface area contributed by atoms with E-state index in [0.29, 0.717) is 25.0 Å². The number of benzene rings is 1. The highest BCUT2D eigenvalue weighted by Gasteiger charge is 2.23. The molecular weight excluding hydrogens is 431 g/mol. The van der Waals surface area contributed by atoms with Crippen molar-refractivity contribution in [1.82, 2.24) is 5.32 Å². The normalized spacial score (nSPS) is 17.2. The van der Waals surface area contributed by atoms with Crippen molar-refractivity contribution in [3.05, 3.63) is 29.8 Å². The van der Waals surface area contributed by atoms with Gasteiger partial charge >= 0.3 is 0 Å². The summed E-state index contributed by atoms with van der Waals surface area (Å²) in [6.07, 6.45) is 2.46. The maximum absolute atomic E-state index is 12.1. The molecule has 25 heavy (non-hydrogen) atoms. The molecule has 0 radical (unpaired) electrons. The molecule has 0 aromatic heterocycles. The highest BCUT2D eigenvalue weighted by Crippen LogP contribution is 2.16. The highest BCUT2D eigenvalue weighted by atomic mass is 127. The van der Waals surface area contributed by atoms with Crippen LogP contribution in [0.5, 0.6) is 0 Å². The second kappa shape index (κ2) is 11.3. The Balaban J connectivity index is 0.00000312. The predicted octanol–water partition coefficient (Wildman–Crippen LogP) is 2.87. The number of nitrogens with two attached hydrogens (primary N) is 1. The van der Waals surface area contributed by atoms with Gasteiger partial charge in [0.15, 0.2) is 5.96 Å². The summed E-state index contributed by atoms with van der Waals surface area (Å²) < 4.78 is 5.39. The fourth-order valence-electron chi connectivity index (χ4n) is 2.48. The number of nitrogens with one attached hydrogen (secondary N) is 2. The van der Waals surface area contributed by atoms with Gasteiger partial charge in [-0.05, 0) is 42.9 Å². The van der Waals surface area contributed by atoms with Crippen LogP contribution in [-0.2, 0) is 16.1 Å². The number of carbonyl (C=O) groups is 1. The van der Waals surface area contributed by atoms with Gasteiger partial charge in [-0.15, -0.1) is 24.0 Å². The van der Waals surface area contributed by atoms with Crippen LogP contribution in [0.15, 0.2) is 29.3 Å². The van der Waals surface area contributed by atoms with Crippen molar-refractivity contribution in [2.75, 3.05) is 18.5 Å². The first-order valence-electron chi connectivity index (χ1n) is 8.60. The molecule has 1 unspecified atom stereocenters. The summed E-state index contributed by atoms with van der Waals surface area (Å²) in [7, 11) is 0. The topological polar surface area (TPSA) is 88.7 Å². The monoisotopic (exact) mass is 460 g/mol. The number of hydrogen-bond acceptors (Lipinski definition) is 3. The van der Waals surface area contributed by atoms with Crippen LogP contribution in [0.3, 0.4) is 0 Å². The zero-order valence-corrected chi connectivity index (χ0v) is 17.3. The van der Waals surface area contributed by atoms with Gasteiger partial charge in [0.25, 0.3) is 5.91 Å². The van der Waals surface area contributed by atoms with Crippen molar-refractivity contribution >= 4 is 41.5 Å². The second-order valence-corrected chi connectivity index (χ2v) is 6.50. The van der Waals surface area contributed by atoms with E-state index in [-0.39, 0.29) is 36.0 Å². The van der Waals surface area contributed by atoms with E-state index in [0.717, 1.165) is 37.1 Å². The van der Waals surface area contributed by atoms with Gasteiger partial charge in [0.05, 0.1) is 6.54 Å². The molecule has 1 aliphatic heterocycles. The van der Waals surface area contributed by atoms with E-state index in [1.165, 1.54) is 0 Å². The average Bonchev–Trinajstić information content (AvgIpc) is 3.07. The quantitative estimate of drug-likeness (QED) is 0.332. The molecule has 0 saturated carbocycles. The Hall–Kier alpha value is -1.35. The molecular formula is C18H29IN4O2. The molecule has 140 valence electrons. The van der Waals surface area contributed by atoms with E-state index in [1.807, 2.05) is 24.3 Å². The molecule has 1 aliphatic rings. The SMILES string of the molecule is CC(C)CCNC(N)=NCc1cccc(NC(=O)C2CCCO2)c1.I. The van der Waals surface area contributed by atoms with Gasteiger partial charge < -0.3 is 21.1 Å². The van der Waals surface area contributed by atoms with Crippen LogP contribution in [0.4, 0.5) is 5.69 Å². The third kappa shape index (κ3) is 8.04. The largest absolute Gasteiger partial charge is 0.370 e. The summed E-state index contributed by atoms with van der Waals surface area (Å²) in [6.45, 7) is 6.31. The number of guanidine groups is 1. The van der Waals surface area contributed by atoms with E-state index in [4.69, 9.17) is 10.5 Å². The summed E-state index contributed by atoms with van der Waals surface area (Å²) in [6, 6.07) is 7.65. The van der Waals surface area contributed by atoms with Gasteiger partial charge in [0.1, 0.15) is 6.10 Å². The number of nitrogens with zero attached hydrogens (tertiary/aromatic N) is 1. The molecule has 1 heterocycles. The number of hydrogen-bond donors (Lipinski definition) is 3. The van der Waals surface area contributed by atoms with Crippen molar-refractivity contribution < 1.29 is 9.53 Å².